The Morgan fingerprint density at radius 3 is 1.89 bits per heavy atom. The molecule has 13 heteroatoms. The van der Waals surface area contributed by atoms with Crippen LogP contribution in [0.3, 0.4) is 0 Å². The summed E-state index contributed by atoms with van der Waals surface area (Å²) in [6, 6.07) is 13.7. The SMILES string of the molecule is CC(Cc1ccccc1)NC(=O)c1cccnc1.O=P([O-])([O-])[O-].O=P([O-])([O-])[O-]. The van der Waals surface area contributed by atoms with E-state index < -0.39 is 15.6 Å². The zero-order valence-corrected chi connectivity index (χ0v) is 16.3. The summed E-state index contributed by atoms with van der Waals surface area (Å²) in [5, 5.41) is 2.97. The van der Waals surface area contributed by atoms with E-state index in [0.29, 0.717) is 5.56 Å². The standard InChI is InChI=1S/C15H16N2O.2H3O4P/c1-12(10-13-6-3-2-4-7-13)17-15(18)14-8-5-9-16-11-14;2*1-5(2,3)4/h2-9,11-12H,10H2,1H3,(H,17,18);2*(H3,1,2,3,4)/p-6. The highest BCUT2D eigenvalue weighted by Crippen LogP contribution is 2.04. The third kappa shape index (κ3) is 18.8. The van der Waals surface area contributed by atoms with Crippen LogP contribution in [0.25, 0.3) is 0 Å². The summed E-state index contributed by atoms with van der Waals surface area (Å²) >= 11 is 0. The molecule has 11 nitrogen and oxygen atoms in total. The number of rotatable bonds is 4. The summed E-state index contributed by atoms with van der Waals surface area (Å²) < 4.78 is 17.1. The molecule has 1 unspecified atom stereocenters. The van der Waals surface area contributed by atoms with Crippen molar-refractivity contribution in [2.24, 2.45) is 0 Å². The highest BCUT2D eigenvalue weighted by molar-refractivity contribution is 7.40. The van der Waals surface area contributed by atoms with Crippen molar-refractivity contribution in [3.8, 4) is 0 Å². The molecule has 0 fully saturated rings. The van der Waals surface area contributed by atoms with E-state index in [-0.39, 0.29) is 11.9 Å². The number of carbonyl (C=O) groups excluding carboxylic acids is 1. The minimum Gasteiger partial charge on any atom is -0.822 e. The van der Waals surface area contributed by atoms with Gasteiger partial charge < -0.3 is 43.8 Å². The molecule has 1 heterocycles. The van der Waals surface area contributed by atoms with Crippen LogP contribution in [0.1, 0.15) is 22.8 Å². The van der Waals surface area contributed by atoms with Crippen LogP contribution in [-0.4, -0.2) is 16.9 Å². The van der Waals surface area contributed by atoms with E-state index in [1.165, 1.54) is 5.56 Å². The molecule has 0 radical (unpaired) electrons. The van der Waals surface area contributed by atoms with Gasteiger partial charge in [0.25, 0.3) is 5.91 Å². The molecule has 0 aliphatic carbocycles. The van der Waals surface area contributed by atoms with Crippen molar-refractivity contribution in [3.63, 3.8) is 0 Å². The molecule has 28 heavy (non-hydrogen) atoms. The van der Waals surface area contributed by atoms with E-state index >= 15 is 0 Å². The van der Waals surface area contributed by atoms with Gasteiger partial charge in [0.2, 0.25) is 0 Å². The largest absolute Gasteiger partial charge is 0.822 e. The zero-order chi connectivity index (χ0) is 21.8. The monoisotopic (exact) mass is 430 g/mol. The number of aromatic nitrogens is 1. The summed E-state index contributed by atoms with van der Waals surface area (Å²) in [4.78, 5) is 67.1. The predicted octanol–water partition coefficient (Wildman–Crippen LogP) is -3.21. The number of pyridine rings is 1. The van der Waals surface area contributed by atoms with Crippen LogP contribution in [0.15, 0.2) is 54.9 Å². The second kappa shape index (κ2) is 12.5. The third-order valence-electron chi connectivity index (χ3n) is 2.69. The summed E-state index contributed by atoms with van der Waals surface area (Å²) in [7, 11) is -10.8. The van der Waals surface area contributed by atoms with Crippen LogP contribution in [-0.2, 0) is 15.6 Å². The van der Waals surface area contributed by atoms with Crippen molar-refractivity contribution < 1.29 is 43.3 Å². The fourth-order valence-corrected chi connectivity index (χ4v) is 1.82. The predicted molar refractivity (Wildman–Crippen MR) is 86.5 cm³/mol. The number of phosphoric acid groups is 2. The molecule has 1 aromatic heterocycles. The summed E-state index contributed by atoms with van der Waals surface area (Å²) in [6.07, 6.45) is 4.06. The zero-order valence-electron chi connectivity index (χ0n) is 14.5. The van der Waals surface area contributed by atoms with Crippen LogP contribution in [0, 0.1) is 0 Å². The van der Waals surface area contributed by atoms with E-state index in [0.717, 1.165) is 6.42 Å². The lowest BCUT2D eigenvalue weighted by molar-refractivity contribution is -0.434. The van der Waals surface area contributed by atoms with Crippen molar-refractivity contribution in [1.29, 1.82) is 0 Å². The average molecular weight is 430 g/mol. The average Bonchev–Trinajstić information content (AvgIpc) is 2.53. The molecule has 0 aliphatic heterocycles. The Kier molecular flexibility index (Phi) is 11.6. The summed E-state index contributed by atoms with van der Waals surface area (Å²) in [6.45, 7) is 2.00. The van der Waals surface area contributed by atoms with Crippen LogP contribution in [0.4, 0.5) is 0 Å². The van der Waals surface area contributed by atoms with Gasteiger partial charge in [-0.25, -0.2) is 0 Å². The van der Waals surface area contributed by atoms with Crippen LogP contribution in [0.2, 0.25) is 0 Å². The lowest BCUT2D eigenvalue weighted by Gasteiger charge is -2.36. The third-order valence-corrected chi connectivity index (χ3v) is 2.69. The Morgan fingerprint density at radius 1 is 0.964 bits per heavy atom. The van der Waals surface area contributed by atoms with Crippen LogP contribution in [0.5, 0.6) is 0 Å². The fourth-order valence-electron chi connectivity index (χ4n) is 1.82. The molecule has 156 valence electrons. The second-order valence-electron chi connectivity index (χ2n) is 5.20. The van der Waals surface area contributed by atoms with Crippen molar-refractivity contribution in [3.05, 3.63) is 66.0 Å². The van der Waals surface area contributed by atoms with Gasteiger partial charge in [-0.3, -0.25) is 9.78 Å². The Labute approximate surface area is 161 Å². The lowest BCUT2D eigenvalue weighted by atomic mass is 10.1. The molecular weight excluding hydrogens is 414 g/mol. The molecule has 0 bridgehead atoms. The smallest absolute Gasteiger partial charge is 0.253 e. The van der Waals surface area contributed by atoms with Crippen molar-refractivity contribution in [2.45, 2.75) is 19.4 Å². The number of nitrogens with one attached hydrogen (secondary N) is 1. The summed E-state index contributed by atoms with van der Waals surface area (Å²) in [5.74, 6) is -0.0773. The molecule has 1 amide bonds. The first-order chi connectivity index (χ1) is 12.8. The molecule has 1 aromatic carbocycles. The molecule has 0 saturated heterocycles. The molecule has 1 N–H and O–H groups in total. The second-order valence-corrected chi connectivity index (χ2v) is 6.99. The highest BCUT2D eigenvalue weighted by atomic mass is 31.2. The van der Waals surface area contributed by atoms with Gasteiger partial charge in [-0.2, -0.15) is 15.6 Å². The minimum absolute atomic E-state index is 0.0773. The quantitative estimate of drug-likeness (QED) is 0.479. The summed E-state index contributed by atoms with van der Waals surface area (Å²) in [5.41, 5.74) is 1.81. The van der Waals surface area contributed by atoms with E-state index in [4.69, 9.17) is 38.5 Å². The Morgan fingerprint density at radius 2 is 1.46 bits per heavy atom. The maximum Gasteiger partial charge on any atom is 0.253 e. The van der Waals surface area contributed by atoms with E-state index in [1.807, 2.05) is 25.1 Å². The van der Waals surface area contributed by atoms with Gasteiger partial charge >= 0.3 is 0 Å². The number of nitrogens with zero attached hydrogens (tertiary/aromatic N) is 1. The molecule has 0 spiro atoms. The number of amides is 1. The number of carbonyl (C=O) groups is 1. The van der Waals surface area contributed by atoms with E-state index in [9.17, 15) is 4.79 Å². The molecular formula is C15H16N2O9P2-6. The molecule has 0 saturated carbocycles. The topological polar surface area (TPSA) is 214 Å². The molecule has 2 aromatic rings. The first-order valence-corrected chi connectivity index (χ1v) is 10.4. The van der Waals surface area contributed by atoms with Gasteiger partial charge in [-0.15, -0.1) is 0 Å². The lowest BCUT2D eigenvalue weighted by Crippen LogP contribution is -2.34. The van der Waals surface area contributed by atoms with Crippen LogP contribution < -0.4 is 34.7 Å². The van der Waals surface area contributed by atoms with Gasteiger partial charge in [-0.05, 0) is 31.0 Å². The first-order valence-electron chi connectivity index (χ1n) is 7.46. The van der Waals surface area contributed by atoms with Crippen LogP contribution >= 0.6 is 15.6 Å². The highest BCUT2D eigenvalue weighted by Gasteiger charge is 2.09. The van der Waals surface area contributed by atoms with Gasteiger partial charge in [0.05, 0.1) is 5.56 Å². The van der Waals surface area contributed by atoms with Crippen molar-refractivity contribution in [2.75, 3.05) is 0 Å². The Hall–Kier alpha value is -1.94. The first kappa shape index (κ1) is 26.1. The van der Waals surface area contributed by atoms with Gasteiger partial charge in [0, 0.05) is 18.4 Å². The number of benzene rings is 1. The maximum absolute atomic E-state index is 11.9. The number of hydrogen-bond donors (Lipinski definition) is 1. The Bertz CT molecular complexity index is 757. The molecule has 0 aliphatic rings. The fraction of sp³-hybridized carbons (Fsp3) is 0.200. The molecule has 2 rings (SSSR count). The van der Waals surface area contributed by atoms with Gasteiger partial charge in [-0.1, -0.05) is 30.3 Å². The maximum atomic E-state index is 11.9. The molecule has 1 atom stereocenters. The van der Waals surface area contributed by atoms with E-state index in [2.05, 4.69) is 22.4 Å². The minimum atomic E-state index is -5.39. The van der Waals surface area contributed by atoms with Crippen molar-refractivity contribution in [1.82, 2.24) is 10.3 Å². The van der Waals surface area contributed by atoms with Gasteiger partial charge in [0.1, 0.15) is 0 Å². The van der Waals surface area contributed by atoms with Gasteiger partial charge in [0.15, 0.2) is 0 Å². The normalized spacial score (nSPS) is 11.8. The number of hydrogen-bond acceptors (Lipinski definition) is 10. The van der Waals surface area contributed by atoms with Crippen molar-refractivity contribution >= 4 is 21.6 Å². The van der Waals surface area contributed by atoms with E-state index in [1.54, 1.807) is 24.5 Å². The Balaban J connectivity index is 0.000000607.